The number of nitrogens with two attached hydrogens (primary N) is 1. The van der Waals surface area contributed by atoms with Gasteiger partial charge in [-0.05, 0) is 24.6 Å². The molecule has 0 unspecified atom stereocenters. The molecule has 3 heteroatoms. The van der Waals surface area contributed by atoms with E-state index in [1.165, 1.54) is 0 Å². The minimum atomic E-state index is 0.446. The molecular formula is C14H14ClNO. The Balaban J connectivity index is 2.39. The zero-order valence-corrected chi connectivity index (χ0v) is 10.4. The maximum Gasteiger partial charge on any atom is 0.146 e. The van der Waals surface area contributed by atoms with E-state index in [1.54, 1.807) is 6.07 Å². The van der Waals surface area contributed by atoms with Gasteiger partial charge in [0.05, 0.1) is 5.02 Å². The summed E-state index contributed by atoms with van der Waals surface area (Å²) in [5, 5.41) is 0.596. The van der Waals surface area contributed by atoms with E-state index < -0.39 is 0 Å². The van der Waals surface area contributed by atoms with Gasteiger partial charge in [-0.1, -0.05) is 41.9 Å². The van der Waals surface area contributed by atoms with Gasteiger partial charge in [0.1, 0.15) is 11.5 Å². The molecule has 0 atom stereocenters. The van der Waals surface area contributed by atoms with Gasteiger partial charge < -0.3 is 10.5 Å². The van der Waals surface area contributed by atoms with Crippen molar-refractivity contribution < 1.29 is 4.74 Å². The van der Waals surface area contributed by atoms with Crippen LogP contribution in [0.4, 0.5) is 0 Å². The third-order valence-corrected chi connectivity index (χ3v) is 2.87. The van der Waals surface area contributed by atoms with E-state index >= 15 is 0 Å². The summed E-state index contributed by atoms with van der Waals surface area (Å²) in [7, 11) is 0. The number of benzene rings is 2. The molecule has 88 valence electrons. The number of para-hydroxylation sites is 2. The molecule has 2 aromatic rings. The number of halogens is 1. The summed E-state index contributed by atoms with van der Waals surface area (Å²) in [6.45, 7) is 2.44. The van der Waals surface area contributed by atoms with Crippen LogP contribution in [0.2, 0.25) is 5.02 Å². The second kappa shape index (κ2) is 5.21. The predicted molar refractivity (Wildman–Crippen MR) is 70.6 cm³/mol. The van der Waals surface area contributed by atoms with Gasteiger partial charge in [-0.3, -0.25) is 0 Å². The Labute approximate surface area is 106 Å². The van der Waals surface area contributed by atoms with E-state index in [-0.39, 0.29) is 0 Å². The summed E-state index contributed by atoms with van der Waals surface area (Å²) >= 11 is 6.07. The van der Waals surface area contributed by atoms with Crippen molar-refractivity contribution in [2.45, 2.75) is 13.5 Å². The largest absolute Gasteiger partial charge is 0.455 e. The van der Waals surface area contributed by atoms with Gasteiger partial charge in [0.2, 0.25) is 0 Å². The first-order valence-electron chi connectivity index (χ1n) is 5.43. The second-order valence-electron chi connectivity index (χ2n) is 3.80. The van der Waals surface area contributed by atoms with Gasteiger partial charge in [-0.2, -0.15) is 0 Å². The number of hydrogen-bond donors (Lipinski definition) is 1. The monoisotopic (exact) mass is 247 g/mol. The molecular weight excluding hydrogens is 234 g/mol. The molecule has 0 amide bonds. The van der Waals surface area contributed by atoms with Gasteiger partial charge in [0.15, 0.2) is 0 Å². The number of hydrogen-bond acceptors (Lipinski definition) is 2. The van der Waals surface area contributed by atoms with E-state index in [0.29, 0.717) is 17.3 Å². The van der Waals surface area contributed by atoms with Crippen LogP contribution in [0.15, 0.2) is 42.5 Å². The third-order valence-electron chi connectivity index (χ3n) is 2.56. The van der Waals surface area contributed by atoms with Gasteiger partial charge in [-0.15, -0.1) is 0 Å². The Morgan fingerprint density at radius 2 is 1.88 bits per heavy atom. The third kappa shape index (κ3) is 2.60. The molecule has 0 radical (unpaired) electrons. The van der Waals surface area contributed by atoms with Crippen molar-refractivity contribution in [3.8, 4) is 11.5 Å². The van der Waals surface area contributed by atoms with E-state index in [1.807, 2.05) is 43.3 Å². The zero-order chi connectivity index (χ0) is 12.3. The van der Waals surface area contributed by atoms with E-state index in [0.717, 1.165) is 16.9 Å². The molecule has 0 fully saturated rings. The number of aryl methyl sites for hydroxylation is 1. The fourth-order valence-electron chi connectivity index (χ4n) is 1.66. The predicted octanol–water partition coefficient (Wildman–Crippen LogP) is 3.90. The van der Waals surface area contributed by atoms with Crippen LogP contribution in [-0.4, -0.2) is 0 Å². The van der Waals surface area contributed by atoms with Gasteiger partial charge in [0, 0.05) is 12.1 Å². The lowest BCUT2D eigenvalue weighted by Gasteiger charge is -2.13. The Morgan fingerprint density at radius 1 is 1.12 bits per heavy atom. The first-order chi connectivity index (χ1) is 8.22. The number of rotatable bonds is 3. The van der Waals surface area contributed by atoms with Crippen molar-refractivity contribution in [1.29, 1.82) is 0 Å². The fraction of sp³-hybridized carbons (Fsp3) is 0.143. The molecule has 2 rings (SSSR count). The van der Waals surface area contributed by atoms with Crippen molar-refractivity contribution in [1.82, 2.24) is 0 Å². The van der Waals surface area contributed by atoms with Crippen molar-refractivity contribution in [3.05, 3.63) is 58.6 Å². The first-order valence-corrected chi connectivity index (χ1v) is 5.81. The summed E-state index contributed by atoms with van der Waals surface area (Å²) in [5.41, 5.74) is 7.72. The van der Waals surface area contributed by atoms with Crippen LogP contribution in [0.5, 0.6) is 11.5 Å². The summed E-state index contributed by atoms with van der Waals surface area (Å²) in [4.78, 5) is 0. The van der Waals surface area contributed by atoms with Gasteiger partial charge in [0.25, 0.3) is 0 Å². The van der Waals surface area contributed by atoms with Crippen LogP contribution in [0, 0.1) is 6.92 Å². The molecule has 0 aliphatic heterocycles. The first kappa shape index (κ1) is 12.0. The summed E-state index contributed by atoms with van der Waals surface area (Å²) in [6.07, 6.45) is 0. The maximum absolute atomic E-state index is 6.07. The highest BCUT2D eigenvalue weighted by molar-refractivity contribution is 6.32. The Kier molecular flexibility index (Phi) is 3.67. The molecule has 0 spiro atoms. The molecule has 2 N–H and O–H groups in total. The highest BCUT2D eigenvalue weighted by Crippen LogP contribution is 2.32. The molecule has 0 heterocycles. The summed E-state index contributed by atoms with van der Waals surface area (Å²) in [6, 6.07) is 13.3. The molecule has 0 aliphatic carbocycles. The SMILES string of the molecule is Cc1cccc(CN)c1Oc1ccccc1Cl. The Bertz CT molecular complexity index is 525. The van der Waals surface area contributed by atoms with Crippen molar-refractivity contribution in [2.75, 3.05) is 0 Å². The fourth-order valence-corrected chi connectivity index (χ4v) is 1.83. The highest BCUT2D eigenvalue weighted by Gasteiger charge is 2.08. The average molecular weight is 248 g/mol. The lowest BCUT2D eigenvalue weighted by Crippen LogP contribution is -2.00. The minimum absolute atomic E-state index is 0.446. The van der Waals surface area contributed by atoms with Crippen LogP contribution in [0.1, 0.15) is 11.1 Å². The number of ether oxygens (including phenoxy) is 1. The van der Waals surface area contributed by atoms with Crippen LogP contribution >= 0.6 is 11.6 Å². The summed E-state index contributed by atoms with van der Waals surface area (Å²) < 4.78 is 5.85. The van der Waals surface area contributed by atoms with Crippen LogP contribution < -0.4 is 10.5 Å². The lowest BCUT2D eigenvalue weighted by molar-refractivity contribution is 0.473. The van der Waals surface area contributed by atoms with Gasteiger partial charge >= 0.3 is 0 Å². The van der Waals surface area contributed by atoms with Crippen molar-refractivity contribution in [3.63, 3.8) is 0 Å². The molecule has 0 saturated heterocycles. The van der Waals surface area contributed by atoms with Crippen molar-refractivity contribution >= 4 is 11.6 Å². The van der Waals surface area contributed by atoms with E-state index in [4.69, 9.17) is 22.1 Å². The maximum atomic E-state index is 6.07. The molecule has 0 aliphatic rings. The molecule has 2 nitrogen and oxygen atoms in total. The molecule has 2 aromatic carbocycles. The quantitative estimate of drug-likeness (QED) is 0.893. The molecule has 0 aromatic heterocycles. The highest BCUT2D eigenvalue weighted by atomic mass is 35.5. The Hall–Kier alpha value is -1.51. The van der Waals surface area contributed by atoms with E-state index in [9.17, 15) is 0 Å². The second-order valence-corrected chi connectivity index (χ2v) is 4.21. The smallest absolute Gasteiger partial charge is 0.146 e. The summed E-state index contributed by atoms with van der Waals surface area (Å²) in [5.74, 6) is 1.45. The van der Waals surface area contributed by atoms with Crippen LogP contribution in [0.3, 0.4) is 0 Å². The zero-order valence-electron chi connectivity index (χ0n) is 9.61. The normalized spacial score (nSPS) is 10.3. The lowest BCUT2D eigenvalue weighted by atomic mass is 10.1. The minimum Gasteiger partial charge on any atom is -0.455 e. The molecule has 17 heavy (non-hydrogen) atoms. The molecule has 0 bridgehead atoms. The standard InChI is InChI=1S/C14H14ClNO/c1-10-5-4-6-11(9-16)14(10)17-13-8-3-2-7-12(13)15/h2-8H,9,16H2,1H3. The van der Waals surface area contributed by atoms with Gasteiger partial charge in [-0.25, -0.2) is 0 Å². The Morgan fingerprint density at radius 3 is 2.59 bits per heavy atom. The topological polar surface area (TPSA) is 35.2 Å². The molecule has 0 saturated carbocycles. The average Bonchev–Trinajstić information content (AvgIpc) is 2.34. The van der Waals surface area contributed by atoms with Crippen LogP contribution in [0.25, 0.3) is 0 Å². The van der Waals surface area contributed by atoms with E-state index in [2.05, 4.69) is 0 Å². The van der Waals surface area contributed by atoms with Crippen molar-refractivity contribution in [2.24, 2.45) is 5.73 Å². The van der Waals surface area contributed by atoms with Crippen LogP contribution in [-0.2, 0) is 6.54 Å².